The summed E-state index contributed by atoms with van der Waals surface area (Å²) < 4.78 is 4.90. The Balaban J connectivity index is 2.75. The van der Waals surface area contributed by atoms with Crippen LogP contribution >= 0.6 is 0 Å². The topological polar surface area (TPSA) is 71.9 Å². The Morgan fingerprint density at radius 1 is 1.69 bits per heavy atom. The Morgan fingerprint density at radius 2 is 2.46 bits per heavy atom. The van der Waals surface area contributed by atoms with Crippen LogP contribution in [0.1, 0.15) is 17.3 Å². The van der Waals surface area contributed by atoms with E-state index in [9.17, 15) is 0 Å². The molecule has 0 spiro atoms. The SMILES string of the molecule is COCC(N)c1ccc(C#N)nc1. The van der Waals surface area contributed by atoms with Gasteiger partial charge in [-0.1, -0.05) is 6.07 Å². The predicted molar refractivity (Wildman–Crippen MR) is 47.8 cm³/mol. The van der Waals surface area contributed by atoms with Crippen LogP contribution in [0.15, 0.2) is 18.3 Å². The first-order chi connectivity index (χ1) is 6.27. The molecule has 4 heteroatoms. The molecular formula is C9H11N3O. The molecule has 0 bridgehead atoms. The molecule has 1 aromatic heterocycles. The number of hydrogen-bond acceptors (Lipinski definition) is 4. The molecule has 0 fully saturated rings. The lowest BCUT2D eigenvalue weighted by Crippen LogP contribution is -2.16. The maximum absolute atomic E-state index is 8.50. The van der Waals surface area contributed by atoms with Crippen molar-refractivity contribution >= 4 is 0 Å². The highest BCUT2D eigenvalue weighted by atomic mass is 16.5. The first-order valence-electron chi connectivity index (χ1n) is 3.88. The highest BCUT2D eigenvalue weighted by Crippen LogP contribution is 2.08. The average molecular weight is 177 g/mol. The Morgan fingerprint density at radius 3 is 2.92 bits per heavy atom. The average Bonchev–Trinajstić information content (AvgIpc) is 2.18. The van der Waals surface area contributed by atoms with Gasteiger partial charge in [-0.2, -0.15) is 5.26 Å². The highest BCUT2D eigenvalue weighted by molar-refractivity contribution is 5.24. The zero-order valence-corrected chi connectivity index (χ0v) is 7.40. The van der Waals surface area contributed by atoms with Crippen LogP contribution in [0.2, 0.25) is 0 Å². The van der Waals surface area contributed by atoms with Crippen LogP contribution < -0.4 is 5.73 Å². The van der Waals surface area contributed by atoms with Gasteiger partial charge < -0.3 is 10.5 Å². The van der Waals surface area contributed by atoms with E-state index in [1.165, 1.54) is 0 Å². The molecule has 1 rings (SSSR count). The molecular weight excluding hydrogens is 166 g/mol. The van der Waals surface area contributed by atoms with Gasteiger partial charge >= 0.3 is 0 Å². The molecule has 0 radical (unpaired) electrons. The van der Waals surface area contributed by atoms with Gasteiger partial charge in [0, 0.05) is 13.3 Å². The summed E-state index contributed by atoms with van der Waals surface area (Å²) in [5.41, 5.74) is 7.02. The number of nitrogens with two attached hydrogens (primary N) is 1. The van der Waals surface area contributed by atoms with E-state index in [0.29, 0.717) is 12.3 Å². The molecule has 4 nitrogen and oxygen atoms in total. The third-order valence-electron chi connectivity index (χ3n) is 1.68. The first kappa shape index (κ1) is 9.65. The molecule has 0 aliphatic carbocycles. The van der Waals surface area contributed by atoms with Gasteiger partial charge in [0.1, 0.15) is 11.8 Å². The number of nitriles is 1. The van der Waals surface area contributed by atoms with E-state index in [-0.39, 0.29) is 6.04 Å². The fraction of sp³-hybridized carbons (Fsp3) is 0.333. The van der Waals surface area contributed by atoms with E-state index in [2.05, 4.69) is 4.98 Å². The van der Waals surface area contributed by atoms with Gasteiger partial charge in [0.05, 0.1) is 12.6 Å². The molecule has 1 aromatic rings. The van der Waals surface area contributed by atoms with Gasteiger partial charge in [-0.15, -0.1) is 0 Å². The minimum atomic E-state index is -0.176. The van der Waals surface area contributed by atoms with Crippen LogP contribution in [0.4, 0.5) is 0 Å². The van der Waals surface area contributed by atoms with Crippen molar-refractivity contribution < 1.29 is 4.74 Å². The Bertz CT molecular complexity index is 302. The second-order valence-electron chi connectivity index (χ2n) is 2.65. The van der Waals surface area contributed by atoms with Crippen molar-refractivity contribution in [2.75, 3.05) is 13.7 Å². The third-order valence-corrected chi connectivity index (χ3v) is 1.68. The predicted octanol–water partition coefficient (Wildman–Crippen LogP) is 0.599. The lowest BCUT2D eigenvalue weighted by Gasteiger charge is -2.09. The van der Waals surface area contributed by atoms with Crippen LogP contribution in [-0.4, -0.2) is 18.7 Å². The number of pyridine rings is 1. The third kappa shape index (κ3) is 2.51. The molecule has 0 aliphatic rings. The van der Waals surface area contributed by atoms with Crippen LogP contribution in [-0.2, 0) is 4.74 Å². The van der Waals surface area contributed by atoms with E-state index in [4.69, 9.17) is 15.7 Å². The van der Waals surface area contributed by atoms with Crippen LogP contribution in [0, 0.1) is 11.3 Å². The Labute approximate surface area is 77.0 Å². The summed E-state index contributed by atoms with van der Waals surface area (Å²) >= 11 is 0. The molecule has 13 heavy (non-hydrogen) atoms. The van der Waals surface area contributed by atoms with E-state index in [1.54, 1.807) is 25.4 Å². The Kier molecular flexibility index (Phi) is 3.38. The maximum atomic E-state index is 8.50. The molecule has 1 heterocycles. The first-order valence-corrected chi connectivity index (χ1v) is 3.88. The number of hydrogen-bond donors (Lipinski definition) is 1. The highest BCUT2D eigenvalue weighted by Gasteiger charge is 2.05. The zero-order valence-electron chi connectivity index (χ0n) is 7.40. The zero-order chi connectivity index (χ0) is 9.68. The summed E-state index contributed by atoms with van der Waals surface area (Å²) in [5, 5.41) is 8.50. The smallest absolute Gasteiger partial charge is 0.140 e. The van der Waals surface area contributed by atoms with E-state index >= 15 is 0 Å². The minimum Gasteiger partial charge on any atom is -0.383 e. The number of rotatable bonds is 3. The van der Waals surface area contributed by atoms with Crippen LogP contribution in [0.5, 0.6) is 0 Å². The normalized spacial score (nSPS) is 12.1. The van der Waals surface area contributed by atoms with Crippen LogP contribution in [0.25, 0.3) is 0 Å². The molecule has 2 N–H and O–H groups in total. The lowest BCUT2D eigenvalue weighted by molar-refractivity contribution is 0.181. The Hall–Kier alpha value is -1.44. The summed E-state index contributed by atoms with van der Waals surface area (Å²) in [6.45, 7) is 0.452. The summed E-state index contributed by atoms with van der Waals surface area (Å²) in [5.74, 6) is 0. The van der Waals surface area contributed by atoms with Crippen molar-refractivity contribution in [1.29, 1.82) is 5.26 Å². The molecule has 68 valence electrons. The molecule has 0 amide bonds. The number of aromatic nitrogens is 1. The van der Waals surface area contributed by atoms with E-state index in [1.807, 2.05) is 6.07 Å². The number of ether oxygens (including phenoxy) is 1. The van der Waals surface area contributed by atoms with Gasteiger partial charge in [0.2, 0.25) is 0 Å². The van der Waals surface area contributed by atoms with Gasteiger partial charge in [0.25, 0.3) is 0 Å². The van der Waals surface area contributed by atoms with Gasteiger partial charge in [-0.05, 0) is 11.6 Å². The quantitative estimate of drug-likeness (QED) is 0.733. The molecule has 0 saturated carbocycles. The molecule has 0 aromatic carbocycles. The van der Waals surface area contributed by atoms with Gasteiger partial charge in [0.15, 0.2) is 0 Å². The monoisotopic (exact) mass is 177 g/mol. The minimum absolute atomic E-state index is 0.176. The second kappa shape index (κ2) is 4.55. The van der Waals surface area contributed by atoms with Crippen molar-refractivity contribution in [3.8, 4) is 6.07 Å². The summed E-state index contributed by atoms with van der Waals surface area (Å²) in [4.78, 5) is 3.90. The molecule has 0 aliphatic heterocycles. The molecule has 1 atom stereocenters. The number of nitrogens with zero attached hydrogens (tertiary/aromatic N) is 2. The van der Waals surface area contributed by atoms with E-state index < -0.39 is 0 Å². The summed E-state index contributed by atoms with van der Waals surface area (Å²) in [6, 6.07) is 5.20. The maximum Gasteiger partial charge on any atom is 0.140 e. The fourth-order valence-corrected chi connectivity index (χ4v) is 0.967. The van der Waals surface area contributed by atoms with Crippen molar-refractivity contribution in [3.05, 3.63) is 29.6 Å². The largest absolute Gasteiger partial charge is 0.383 e. The van der Waals surface area contributed by atoms with Crippen LogP contribution in [0.3, 0.4) is 0 Å². The van der Waals surface area contributed by atoms with Crippen molar-refractivity contribution in [2.24, 2.45) is 5.73 Å². The second-order valence-corrected chi connectivity index (χ2v) is 2.65. The van der Waals surface area contributed by atoms with Crippen molar-refractivity contribution in [3.63, 3.8) is 0 Å². The van der Waals surface area contributed by atoms with E-state index in [0.717, 1.165) is 5.56 Å². The molecule has 0 saturated heterocycles. The lowest BCUT2D eigenvalue weighted by atomic mass is 10.1. The molecule has 1 unspecified atom stereocenters. The van der Waals surface area contributed by atoms with Crippen molar-refractivity contribution in [1.82, 2.24) is 4.98 Å². The fourth-order valence-electron chi connectivity index (χ4n) is 0.967. The standard InChI is InChI=1S/C9H11N3O/c1-13-6-9(11)7-2-3-8(4-10)12-5-7/h2-3,5,9H,6,11H2,1H3. The van der Waals surface area contributed by atoms with Gasteiger partial charge in [-0.25, -0.2) is 4.98 Å². The number of methoxy groups -OCH3 is 1. The van der Waals surface area contributed by atoms with Gasteiger partial charge in [-0.3, -0.25) is 0 Å². The van der Waals surface area contributed by atoms with Crippen molar-refractivity contribution in [2.45, 2.75) is 6.04 Å². The summed E-state index contributed by atoms with van der Waals surface area (Å²) in [6.07, 6.45) is 1.60. The summed E-state index contributed by atoms with van der Waals surface area (Å²) in [7, 11) is 1.59.